The predicted octanol–water partition coefficient (Wildman–Crippen LogP) is 3.14. The Morgan fingerprint density at radius 1 is 1.30 bits per heavy atom. The van der Waals surface area contributed by atoms with Crippen molar-refractivity contribution >= 4 is 11.8 Å². The van der Waals surface area contributed by atoms with Gasteiger partial charge < -0.3 is 19.4 Å². The minimum atomic E-state index is -0.410. The molecule has 1 N–H and O–H groups in total. The number of imidazole rings is 1. The van der Waals surface area contributed by atoms with Gasteiger partial charge in [0.2, 0.25) is 0 Å². The molecule has 0 saturated carbocycles. The second-order valence-electron chi connectivity index (χ2n) is 7.70. The standard InChI is InChI=1S/C23H25N3O4/c1-14-18(23(28)30-12-16-11-24-13-26(16)2)10-19-20(25-14)8-15(9-21(19)27)17-6-4-5-7-22(17)29-3/h4-7,11,13,15,25H,8-10,12H2,1-3H3/t15-/m1/s1. The number of ketones is 1. The lowest BCUT2D eigenvalue weighted by atomic mass is 9.78. The van der Waals surface area contributed by atoms with E-state index in [4.69, 9.17) is 9.47 Å². The van der Waals surface area contributed by atoms with Crippen LogP contribution in [-0.2, 0) is 28.0 Å². The van der Waals surface area contributed by atoms with Gasteiger partial charge in [-0.3, -0.25) is 4.79 Å². The largest absolute Gasteiger partial charge is 0.496 e. The first-order chi connectivity index (χ1) is 14.5. The van der Waals surface area contributed by atoms with Gasteiger partial charge in [0.25, 0.3) is 0 Å². The second kappa shape index (κ2) is 8.18. The van der Waals surface area contributed by atoms with Gasteiger partial charge in [-0.25, -0.2) is 9.78 Å². The summed E-state index contributed by atoms with van der Waals surface area (Å²) in [5, 5.41) is 3.30. The molecule has 2 aliphatic rings. The molecule has 4 rings (SSSR count). The van der Waals surface area contributed by atoms with E-state index < -0.39 is 5.97 Å². The summed E-state index contributed by atoms with van der Waals surface area (Å²) in [5.41, 5.74) is 4.64. The van der Waals surface area contributed by atoms with Gasteiger partial charge >= 0.3 is 5.97 Å². The molecule has 7 heteroatoms. The summed E-state index contributed by atoms with van der Waals surface area (Å²) in [4.78, 5) is 29.6. The van der Waals surface area contributed by atoms with E-state index in [1.165, 1.54) is 0 Å². The number of dihydropyridines is 1. The Bertz CT molecular complexity index is 1060. The number of Topliss-reactive ketones (excluding diaryl/α,β-unsaturated/α-hetero) is 1. The summed E-state index contributed by atoms with van der Waals surface area (Å²) in [6, 6.07) is 7.81. The molecule has 1 aromatic heterocycles. The third-order valence-electron chi connectivity index (χ3n) is 5.82. The molecule has 1 aliphatic heterocycles. The average Bonchev–Trinajstić information content (AvgIpc) is 3.16. The first kappa shape index (κ1) is 19.9. The minimum absolute atomic E-state index is 0.0473. The maximum absolute atomic E-state index is 13.0. The van der Waals surface area contributed by atoms with Crippen LogP contribution >= 0.6 is 0 Å². The smallest absolute Gasteiger partial charge is 0.336 e. The Hall–Kier alpha value is -3.35. The Morgan fingerprint density at radius 2 is 2.10 bits per heavy atom. The lowest BCUT2D eigenvalue weighted by Crippen LogP contribution is -2.31. The number of hydrogen-bond donors (Lipinski definition) is 1. The van der Waals surface area contributed by atoms with Crippen molar-refractivity contribution in [2.45, 2.75) is 38.7 Å². The van der Waals surface area contributed by atoms with Crippen molar-refractivity contribution in [1.29, 1.82) is 0 Å². The highest BCUT2D eigenvalue weighted by Gasteiger charge is 2.34. The number of aryl methyl sites for hydroxylation is 1. The Balaban J connectivity index is 1.49. The summed E-state index contributed by atoms with van der Waals surface area (Å²) in [6.07, 6.45) is 4.73. The van der Waals surface area contributed by atoms with E-state index in [1.54, 1.807) is 24.2 Å². The molecule has 1 atom stereocenters. The number of methoxy groups -OCH3 is 1. The van der Waals surface area contributed by atoms with E-state index in [9.17, 15) is 9.59 Å². The zero-order valence-corrected chi connectivity index (χ0v) is 17.4. The minimum Gasteiger partial charge on any atom is -0.496 e. The van der Waals surface area contributed by atoms with Crippen molar-refractivity contribution in [3.8, 4) is 5.75 Å². The highest BCUT2D eigenvalue weighted by molar-refractivity contribution is 6.01. The first-order valence-corrected chi connectivity index (χ1v) is 9.95. The van der Waals surface area contributed by atoms with E-state index in [0.717, 1.165) is 28.4 Å². The van der Waals surface area contributed by atoms with Gasteiger partial charge in [-0.15, -0.1) is 0 Å². The maximum Gasteiger partial charge on any atom is 0.336 e. The number of hydrogen-bond acceptors (Lipinski definition) is 6. The molecule has 0 unspecified atom stereocenters. The van der Waals surface area contributed by atoms with Crippen LogP contribution in [0.4, 0.5) is 0 Å². The Morgan fingerprint density at radius 3 is 2.83 bits per heavy atom. The van der Waals surface area contributed by atoms with Gasteiger partial charge in [0.15, 0.2) is 5.78 Å². The fourth-order valence-electron chi connectivity index (χ4n) is 4.10. The number of nitrogens with zero attached hydrogens (tertiary/aromatic N) is 2. The van der Waals surface area contributed by atoms with Crippen LogP contribution in [0.25, 0.3) is 0 Å². The van der Waals surface area contributed by atoms with E-state index in [-0.39, 0.29) is 18.3 Å². The monoisotopic (exact) mass is 407 g/mol. The molecule has 7 nitrogen and oxygen atoms in total. The molecule has 30 heavy (non-hydrogen) atoms. The summed E-state index contributed by atoms with van der Waals surface area (Å²) in [7, 11) is 3.49. The highest BCUT2D eigenvalue weighted by atomic mass is 16.5. The SMILES string of the molecule is COc1ccccc1[C@H]1CC(=O)C2=C(C1)NC(C)=C(C(=O)OCc1cncn1C)C2. The zero-order chi connectivity index (χ0) is 21.3. The Kier molecular flexibility index (Phi) is 5.44. The van der Waals surface area contributed by atoms with Crippen LogP contribution in [0.1, 0.15) is 43.4 Å². The van der Waals surface area contributed by atoms with E-state index in [2.05, 4.69) is 10.3 Å². The number of aromatic nitrogens is 2. The Labute approximate surface area is 175 Å². The van der Waals surface area contributed by atoms with Crippen LogP contribution in [0.2, 0.25) is 0 Å². The molecule has 1 aliphatic carbocycles. The molecule has 0 radical (unpaired) electrons. The van der Waals surface area contributed by atoms with Gasteiger partial charge in [0, 0.05) is 42.8 Å². The normalized spacial score (nSPS) is 18.8. The molecule has 0 bridgehead atoms. The molecule has 0 saturated heterocycles. The van der Waals surface area contributed by atoms with Crippen molar-refractivity contribution in [3.63, 3.8) is 0 Å². The molecular weight excluding hydrogens is 382 g/mol. The second-order valence-corrected chi connectivity index (χ2v) is 7.70. The number of carbonyl (C=O) groups excluding carboxylic acids is 2. The average molecular weight is 407 g/mol. The number of nitrogens with one attached hydrogen (secondary N) is 1. The topological polar surface area (TPSA) is 82.4 Å². The van der Waals surface area contributed by atoms with Crippen LogP contribution in [0.3, 0.4) is 0 Å². The van der Waals surface area contributed by atoms with Crippen LogP contribution < -0.4 is 10.1 Å². The van der Waals surface area contributed by atoms with E-state index in [0.29, 0.717) is 30.4 Å². The number of rotatable bonds is 5. The van der Waals surface area contributed by atoms with Gasteiger partial charge in [-0.2, -0.15) is 0 Å². The highest BCUT2D eigenvalue weighted by Crippen LogP contribution is 2.41. The van der Waals surface area contributed by atoms with Crippen molar-refractivity contribution in [3.05, 3.63) is 70.6 Å². The molecule has 1 aromatic carbocycles. The van der Waals surface area contributed by atoms with Crippen molar-refractivity contribution < 1.29 is 19.1 Å². The molecule has 0 spiro atoms. The number of ether oxygens (including phenoxy) is 2. The van der Waals surface area contributed by atoms with E-state index >= 15 is 0 Å². The van der Waals surface area contributed by atoms with Crippen molar-refractivity contribution in [2.75, 3.05) is 7.11 Å². The maximum atomic E-state index is 13.0. The van der Waals surface area contributed by atoms with Crippen LogP contribution in [0.5, 0.6) is 5.75 Å². The third-order valence-corrected chi connectivity index (χ3v) is 5.82. The summed E-state index contributed by atoms with van der Waals surface area (Å²) < 4.78 is 12.7. The summed E-state index contributed by atoms with van der Waals surface area (Å²) in [6.45, 7) is 1.99. The molecule has 0 fully saturated rings. The molecule has 2 aromatic rings. The van der Waals surface area contributed by atoms with Crippen molar-refractivity contribution in [2.24, 2.45) is 7.05 Å². The fraction of sp³-hybridized carbons (Fsp3) is 0.348. The van der Waals surface area contributed by atoms with E-state index in [1.807, 2.05) is 38.2 Å². The molecule has 2 heterocycles. The summed E-state index contributed by atoms with van der Waals surface area (Å²) in [5.74, 6) is 0.490. The zero-order valence-electron chi connectivity index (χ0n) is 17.4. The number of carbonyl (C=O) groups is 2. The van der Waals surface area contributed by atoms with Crippen LogP contribution in [0, 0.1) is 0 Å². The number of esters is 1. The van der Waals surface area contributed by atoms with Gasteiger partial charge in [-0.05, 0) is 25.0 Å². The molecule has 156 valence electrons. The van der Waals surface area contributed by atoms with Crippen LogP contribution in [-0.4, -0.2) is 28.4 Å². The first-order valence-electron chi connectivity index (χ1n) is 9.95. The van der Waals surface area contributed by atoms with Gasteiger partial charge in [0.05, 0.1) is 30.9 Å². The van der Waals surface area contributed by atoms with Crippen molar-refractivity contribution in [1.82, 2.24) is 14.9 Å². The fourth-order valence-corrected chi connectivity index (χ4v) is 4.10. The quantitative estimate of drug-likeness (QED) is 0.767. The molecule has 0 amide bonds. The third kappa shape index (κ3) is 3.75. The van der Waals surface area contributed by atoms with Gasteiger partial charge in [0.1, 0.15) is 12.4 Å². The number of benzene rings is 1. The van der Waals surface area contributed by atoms with Gasteiger partial charge in [-0.1, -0.05) is 18.2 Å². The van der Waals surface area contributed by atoms with Crippen LogP contribution in [0.15, 0.2) is 59.3 Å². The number of para-hydroxylation sites is 1. The molecular formula is C23H25N3O4. The lowest BCUT2D eigenvalue weighted by molar-refractivity contribution is -0.140. The summed E-state index contributed by atoms with van der Waals surface area (Å²) >= 11 is 0. The predicted molar refractivity (Wildman–Crippen MR) is 110 cm³/mol. The lowest BCUT2D eigenvalue weighted by Gasteiger charge is -2.32. The number of allylic oxidation sites excluding steroid dienone is 3.